The van der Waals surface area contributed by atoms with Gasteiger partial charge in [-0.1, -0.05) is 0 Å². The summed E-state index contributed by atoms with van der Waals surface area (Å²) in [6, 6.07) is 0. The number of nitrogens with zero attached hydrogens (tertiary/aromatic N) is 2. The number of rotatable bonds is 4. The fraction of sp³-hybridized carbons (Fsp3) is 0.636. The third kappa shape index (κ3) is 4.68. The van der Waals surface area contributed by atoms with Crippen molar-refractivity contribution in [3.63, 3.8) is 0 Å². The van der Waals surface area contributed by atoms with Gasteiger partial charge in [-0.2, -0.15) is 18.3 Å². The Labute approximate surface area is 126 Å². The van der Waals surface area contributed by atoms with E-state index in [-0.39, 0.29) is 10.6 Å². The van der Waals surface area contributed by atoms with E-state index in [0.29, 0.717) is 36.7 Å². The van der Waals surface area contributed by atoms with E-state index < -0.39 is 18.3 Å². The molecule has 1 N–H and O–H groups in total. The van der Waals surface area contributed by atoms with E-state index in [1.165, 1.54) is 6.20 Å². The van der Waals surface area contributed by atoms with Crippen LogP contribution in [0.5, 0.6) is 0 Å². The maximum absolute atomic E-state index is 12.3. The molecule has 1 aliphatic rings. The summed E-state index contributed by atoms with van der Waals surface area (Å²) in [6.45, 7) is 0.380. The van der Waals surface area contributed by atoms with Crippen LogP contribution in [-0.4, -0.2) is 48.4 Å². The molecule has 6 nitrogen and oxygen atoms in total. The molecule has 0 amide bonds. The molecule has 1 aromatic rings. The molecule has 0 spiro atoms. The Morgan fingerprint density at radius 2 is 2.24 bits per heavy atom. The van der Waals surface area contributed by atoms with Crippen molar-refractivity contribution in [2.24, 2.45) is 0 Å². The van der Waals surface area contributed by atoms with Crippen LogP contribution in [0, 0.1) is 0 Å². The second-order valence-electron chi connectivity index (χ2n) is 4.40. The Bertz CT molecular complexity index is 544. The van der Waals surface area contributed by atoms with E-state index in [0.717, 1.165) is 0 Å². The number of nitrogens with one attached hydrogen (secondary N) is 1. The fourth-order valence-electron chi connectivity index (χ4n) is 1.75. The first kappa shape index (κ1) is 16.2. The van der Waals surface area contributed by atoms with Crippen molar-refractivity contribution in [1.29, 1.82) is 0 Å². The lowest BCUT2D eigenvalue weighted by Gasteiger charge is -2.23. The zero-order chi connectivity index (χ0) is 15.5. The predicted octanol–water partition coefficient (Wildman–Crippen LogP) is 1.40. The summed E-state index contributed by atoms with van der Waals surface area (Å²) in [4.78, 5) is 11.8. The van der Waals surface area contributed by atoms with Gasteiger partial charge in [0, 0.05) is 6.54 Å². The van der Waals surface area contributed by atoms with Gasteiger partial charge in [0.25, 0.3) is 5.56 Å². The van der Waals surface area contributed by atoms with Gasteiger partial charge < -0.3 is 14.8 Å². The van der Waals surface area contributed by atoms with Gasteiger partial charge in [-0.3, -0.25) is 4.79 Å². The van der Waals surface area contributed by atoms with Crippen molar-refractivity contribution < 1.29 is 22.6 Å². The van der Waals surface area contributed by atoms with Crippen LogP contribution < -0.4 is 10.9 Å². The quantitative estimate of drug-likeness (QED) is 0.866. The van der Waals surface area contributed by atoms with Crippen molar-refractivity contribution in [3.05, 3.63) is 21.0 Å². The lowest BCUT2D eigenvalue weighted by atomic mass is 10.3. The zero-order valence-electron chi connectivity index (χ0n) is 10.8. The Kier molecular flexibility index (Phi) is 5.22. The van der Waals surface area contributed by atoms with Gasteiger partial charge in [-0.25, -0.2) is 4.68 Å². The summed E-state index contributed by atoms with van der Waals surface area (Å²) in [5, 5.41) is 6.41. The van der Waals surface area contributed by atoms with Gasteiger partial charge in [-0.15, -0.1) is 0 Å². The smallest absolute Gasteiger partial charge is 0.380 e. The molecule has 1 saturated heterocycles. The van der Waals surface area contributed by atoms with Crippen LogP contribution >= 0.6 is 15.9 Å². The molecule has 21 heavy (non-hydrogen) atoms. The molecule has 0 aromatic carbocycles. The summed E-state index contributed by atoms with van der Waals surface area (Å²) < 4.78 is 47.8. The van der Waals surface area contributed by atoms with E-state index in [1.54, 1.807) is 0 Å². The van der Waals surface area contributed by atoms with Gasteiger partial charge in [-0.05, 0) is 15.9 Å². The third-order valence-corrected chi connectivity index (χ3v) is 3.49. The van der Waals surface area contributed by atoms with Crippen LogP contribution in [0.25, 0.3) is 0 Å². The van der Waals surface area contributed by atoms with Crippen molar-refractivity contribution in [2.45, 2.75) is 18.8 Å². The number of halogens is 4. The molecule has 0 aliphatic carbocycles. The van der Waals surface area contributed by atoms with Gasteiger partial charge in [0.15, 0.2) is 0 Å². The summed E-state index contributed by atoms with van der Waals surface area (Å²) in [7, 11) is 0. The topological polar surface area (TPSA) is 65.4 Å². The molecule has 1 atom stereocenters. The maximum Gasteiger partial charge on any atom is 0.408 e. The molecule has 1 unspecified atom stereocenters. The van der Waals surface area contributed by atoms with Crippen molar-refractivity contribution in [2.75, 3.05) is 31.7 Å². The zero-order valence-corrected chi connectivity index (χ0v) is 12.4. The van der Waals surface area contributed by atoms with Crippen molar-refractivity contribution in [3.8, 4) is 0 Å². The molecule has 1 aromatic heterocycles. The second-order valence-corrected chi connectivity index (χ2v) is 5.19. The first-order valence-electron chi connectivity index (χ1n) is 6.12. The highest BCUT2D eigenvalue weighted by atomic mass is 79.9. The fourth-order valence-corrected chi connectivity index (χ4v) is 2.20. The van der Waals surface area contributed by atoms with E-state index in [2.05, 4.69) is 26.3 Å². The molecule has 0 radical (unpaired) electrons. The van der Waals surface area contributed by atoms with E-state index in [9.17, 15) is 18.0 Å². The number of hydrogen-bond acceptors (Lipinski definition) is 5. The Morgan fingerprint density at radius 1 is 1.48 bits per heavy atom. The minimum absolute atomic E-state index is 0.00141. The van der Waals surface area contributed by atoms with Crippen LogP contribution in [0.4, 0.5) is 18.9 Å². The number of anilines is 1. The van der Waals surface area contributed by atoms with Gasteiger partial charge in [0.05, 0.1) is 37.8 Å². The highest BCUT2D eigenvalue weighted by Gasteiger charge is 2.29. The molecule has 0 bridgehead atoms. The van der Waals surface area contributed by atoms with Crippen LogP contribution in [0.15, 0.2) is 15.5 Å². The molecule has 2 heterocycles. The van der Waals surface area contributed by atoms with Crippen LogP contribution in [-0.2, 0) is 16.0 Å². The lowest BCUT2D eigenvalue weighted by molar-refractivity contribution is -0.143. The monoisotopic (exact) mass is 371 g/mol. The normalized spacial score (nSPS) is 19.5. The summed E-state index contributed by atoms with van der Waals surface area (Å²) in [5.74, 6) is 0. The molecule has 118 valence electrons. The predicted molar refractivity (Wildman–Crippen MR) is 71.3 cm³/mol. The number of aromatic nitrogens is 2. The van der Waals surface area contributed by atoms with Crippen LogP contribution in [0.1, 0.15) is 0 Å². The average Bonchev–Trinajstić information content (AvgIpc) is 2.43. The minimum Gasteiger partial charge on any atom is -0.380 e. The minimum atomic E-state index is -4.50. The molecule has 1 aliphatic heterocycles. The maximum atomic E-state index is 12.3. The lowest BCUT2D eigenvalue weighted by Crippen LogP contribution is -2.35. The largest absolute Gasteiger partial charge is 0.408 e. The highest BCUT2D eigenvalue weighted by Crippen LogP contribution is 2.19. The standard InChI is InChI=1S/C11H13BrF3N3O3/c12-9-8(16-3-7-5-20-1-2-21-7)4-17-18(10(9)19)6-11(13,14)15/h4,7,16H,1-3,5-6H2. The molecule has 1 fully saturated rings. The SMILES string of the molecule is O=c1c(Br)c(NCC2COCCO2)cnn1CC(F)(F)F. The van der Waals surface area contributed by atoms with E-state index >= 15 is 0 Å². The Morgan fingerprint density at radius 3 is 2.86 bits per heavy atom. The second kappa shape index (κ2) is 6.75. The van der Waals surface area contributed by atoms with Gasteiger partial charge >= 0.3 is 6.18 Å². The van der Waals surface area contributed by atoms with E-state index in [4.69, 9.17) is 9.47 Å². The van der Waals surface area contributed by atoms with Gasteiger partial charge in [0.2, 0.25) is 0 Å². The molecule has 2 rings (SSSR count). The highest BCUT2D eigenvalue weighted by molar-refractivity contribution is 9.10. The molecular formula is C11H13BrF3N3O3. The summed E-state index contributed by atoms with van der Waals surface area (Å²) in [5.41, 5.74) is -0.536. The number of hydrogen-bond donors (Lipinski definition) is 1. The van der Waals surface area contributed by atoms with Crippen LogP contribution in [0.2, 0.25) is 0 Å². The Balaban J connectivity index is 2.04. The summed E-state index contributed by atoms with van der Waals surface area (Å²) >= 11 is 2.99. The number of alkyl halides is 3. The first-order valence-corrected chi connectivity index (χ1v) is 6.92. The average molecular weight is 372 g/mol. The Hall–Kier alpha value is -1.13. The van der Waals surface area contributed by atoms with Crippen LogP contribution in [0.3, 0.4) is 0 Å². The molecular weight excluding hydrogens is 359 g/mol. The van der Waals surface area contributed by atoms with E-state index in [1.807, 2.05) is 0 Å². The number of ether oxygens (including phenoxy) is 2. The first-order chi connectivity index (χ1) is 9.87. The van der Waals surface area contributed by atoms with Crippen molar-refractivity contribution in [1.82, 2.24) is 9.78 Å². The molecule has 10 heteroatoms. The van der Waals surface area contributed by atoms with Crippen molar-refractivity contribution >= 4 is 21.6 Å². The van der Waals surface area contributed by atoms with Gasteiger partial charge in [0.1, 0.15) is 11.0 Å². The summed E-state index contributed by atoms with van der Waals surface area (Å²) in [6.07, 6.45) is -3.51. The third-order valence-electron chi connectivity index (χ3n) is 2.72. The molecule has 0 saturated carbocycles.